The second-order valence-electron chi connectivity index (χ2n) is 6.57. The van der Waals surface area contributed by atoms with Gasteiger partial charge < -0.3 is 15.0 Å². The van der Waals surface area contributed by atoms with E-state index in [9.17, 15) is 4.79 Å². The maximum Gasteiger partial charge on any atom is 0.254 e. The highest BCUT2D eigenvalue weighted by atomic mass is 32.1. The Labute approximate surface area is 137 Å². The van der Waals surface area contributed by atoms with Crippen molar-refractivity contribution in [1.82, 2.24) is 15.2 Å². The lowest BCUT2D eigenvalue weighted by molar-refractivity contribution is -0.0948. The van der Waals surface area contributed by atoms with Gasteiger partial charge in [0.2, 0.25) is 0 Å². The maximum atomic E-state index is 12.3. The Kier molecular flexibility index (Phi) is 5.36. The van der Waals surface area contributed by atoms with Gasteiger partial charge in [0.15, 0.2) is 0 Å². The van der Waals surface area contributed by atoms with Gasteiger partial charge in [-0.25, -0.2) is 0 Å². The van der Waals surface area contributed by atoms with Crippen molar-refractivity contribution < 1.29 is 9.53 Å². The van der Waals surface area contributed by atoms with E-state index in [0.29, 0.717) is 16.7 Å². The molecule has 2 atom stereocenters. The van der Waals surface area contributed by atoms with E-state index in [1.807, 2.05) is 0 Å². The molecule has 0 spiro atoms. The molecule has 1 aliphatic rings. The van der Waals surface area contributed by atoms with Gasteiger partial charge in [0.25, 0.3) is 5.91 Å². The van der Waals surface area contributed by atoms with Crippen LogP contribution in [-0.2, 0) is 4.74 Å². The number of amides is 1. The molecule has 6 heteroatoms. The van der Waals surface area contributed by atoms with Crippen molar-refractivity contribution in [2.75, 3.05) is 19.6 Å². The summed E-state index contributed by atoms with van der Waals surface area (Å²) in [6.07, 6.45) is 2.14. The van der Waals surface area contributed by atoms with Crippen molar-refractivity contribution in [3.63, 3.8) is 0 Å². The minimum atomic E-state index is -0.137. The summed E-state index contributed by atoms with van der Waals surface area (Å²) in [6.45, 7) is 10.8. The molecule has 2 N–H and O–H groups in total. The number of nitrogens with one attached hydrogen (secondary N) is 2. The number of morpholine rings is 1. The lowest BCUT2D eigenvalue weighted by atomic mass is 10.00. The normalized spacial score (nSPS) is 23.3. The third-order valence-corrected chi connectivity index (χ3v) is 4.36. The third-order valence-electron chi connectivity index (χ3n) is 4.02. The Balaban J connectivity index is 1.99. The van der Waals surface area contributed by atoms with Crippen LogP contribution < -0.4 is 5.32 Å². The summed E-state index contributed by atoms with van der Waals surface area (Å²) in [4.78, 5) is 17.5. The lowest BCUT2D eigenvalue weighted by Crippen LogP contribution is -2.58. The Morgan fingerprint density at radius 3 is 2.68 bits per heavy atom. The number of aromatic nitrogens is 1. The molecule has 22 heavy (non-hydrogen) atoms. The second kappa shape index (κ2) is 6.89. The van der Waals surface area contributed by atoms with Crippen molar-refractivity contribution in [3.05, 3.63) is 28.5 Å². The summed E-state index contributed by atoms with van der Waals surface area (Å²) in [6, 6.07) is 3.52. The zero-order valence-corrected chi connectivity index (χ0v) is 14.5. The van der Waals surface area contributed by atoms with Crippen LogP contribution in [0.2, 0.25) is 0 Å². The largest absolute Gasteiger partial charge is 0.373 e. The molecule has 122 valence electrons. The van der Waals surface area contributed by atoms with Gasteiger partial charge in [-0.2, -0.15) is 0 Å². The Morgan fingerprint density at radius 2 is 2.09 bits per heavy atom. The number of nitrogens with zero attached hydrogens (tertiary/aromatic N) is 1. The van der Waals surface area contributed by atoms with Crippen molar-refractivity contribution in [1.29, 1.82) is 0 Å². The van der Waals surface area contributed by atoms with Gasteiger partial charge in [-0.3, -0.25) is 9.69 Å². The molecule has 0 saturated carbocycles. The highest BCUT2D eigenvalue weighted by Crippen LogP contribution is 2.20. The predicted octanol–water partition coefficient (Wildman–Crippen LogP) is 2.36. The smallest absolute Gasteiger partial charge is 0.254 e. The van der Waals surface area contributed by atoms with Crippen LogP contribution in [-0.4, -0.2) is 53.2 Å². The molecule has 0 bridgehead atoms. The molecule has 0 aliphatic carbocycles. The summed E-state index contributed by atoms with van der Waals surface area (Å²) in [7, 11) is 0. The van der Waals surface area contributed by atoms with Crippen LogP contribution in [0.1, 0.15) is 38.1 Å². The van der Waals surface area contributed by atoms with E-state index < -0.39 is 0 Å². The first-order chi connectivity index (χ1) is 10.3. The molecule has 0 radical (unpaired) electrons. The van der Waals surface area contributed by atoms with E-state index in [-0.39, 0.29) is 23.7 Å². The zero-order valence-electron chi connectivity index (χ0n) is 13.7. The van der Waals surface area contributed by atoms with Gasteiger partial charge in [0.05, 0.1) is 17.8 Å². The van der Waals surface area contributed by atoms with E-state index in [1.165, 1.54) is 0 Å². The molecule has 1 saturated heterocycles. The van der Waals surface area contributed by atoms with Gasteiger partial charge in [0.1, 0.15) is 4.64 Å². The van der Waals surface area contributed by atoms with Gasteiger partial charge in [0, 0.05) is 31.4 Å². The molecule has 2 heterocycles. The average Bonchev–Trinajstić information content (AvgIpc) is 2.44. The molecule has 0 unspecified atom stereocenters. The number of hydrogen-bond acceptors (Lipinski definition) is 4. The highest BCUT2D eigenvalue weighted by molar-refractivity contribution is 7.71. The fourth-order valence-electron chi connectivity index (χ4n) is 2.78. The van der Waals surface area contributed by atoms with Gasteiger partial charge >= 0.3 is 0 Å². The van der Waals surface area contributed by atoms with E-state index >= 15 is 0 Å². The van der Waals surface area contributed by atoms with Gasteiger partial charge in [-0.15, -0.1) is 0 Å². The predicted molar refractivity (Wildman–Crippen MR) is 89.6 cm³/mol. The van der Waals surface area contributed by atoms with E-state index in [2.05, 4.69) is 42.9 Å². The first kappa shape index (κ1) is 17.1. The standard InChI is InChI=1S/C16H25N3O2S/c1-11-8-19(9-12(2)21-11)16(3,4)10-18-14(20)13-6-5-7-17-15(13)22/h5-7,11-12H,8-10H2,1-4H3,(H,17,22)(H,18,20)/t11-,12-/m1/s1. The molecular weight excluding hydrogens is 298 g/mol. The first-order valence-electron chi connectivity index (χ1n) is 7.66. The molecule has 5 nitrogen and oxygen atoms in total. The number of pyridine rings is 1. The van der Waals surface area contributed by atoms with Crippen molar-refractivity contribution in [2.45, 2.75) is 45.4 Å². The van der Waals surface area contributed by atoms with Crippen LogP contribution in [0.4, 0.5) is 0 Å². The minimum Gasteiger partial charge on any atom is -0.373 e. The molecule has 1 fully saturated rings. The van der Waals surface area contributed by atoms with Crippen LogP contribution in [0.25, 0.3) is 0 Å². The number of carbonyl (C=O) groups excluding carboxylic acids is 1. The fraction of sp³-hybridized carbons (Fsp3) is 0.625. The molecule has 0 aromatic carbocycles. The molecule has 2 rings (SSSR count). The molecule has 1 aliphatic heterocycles. The number of aromatic amines is 1. The molecular formula is C16H25N3O2S. The van der Waals surface area contributed by atoms with E-state index in [4.69, 9.17) is 17.0 Å². The summed E-state index contributed by atoms with van der Waals surface area (Å²) >= 11 is 5.15. The van der Waals surface area contributed by atoms with Crippen molar-refractivity contribution in [3.8, 4) is 0 Å². The monoisotopic (exact) mass is 323 g/mol. The second-order valence-corrected chi connectivity index (χ2v) is 6.98. The fourth-order valence-corrected chi connectivity index (χ4v) is 3.00. The quantitative estimate of drug-likeness (QED) is 0.835. The Bertz CT molecular complexity index is 575. The van der Waals surface area contributed by atoms with Crippen LogP contribution in [0.15, 0.2) is 18.3 Å². The molecule has 1 amide bonds. The SMILES string of the molecule is C[C@@H]1CN(C(C)(C)CNC(=O)c2ccc[nH]c2=S)C[C@@H](C)O1. The third kappa shape index (κ3) is 4.15. The summed E-state index contributed by atoms with van der Waals surface area (Å²) < 4.78 is 6.24. The lowest BCUT2D eigenvalue weighted by Gasteiger charge is -2.45. The topological polar surface area (TPSA) is 57.4 Å². The van der Waals surface area contributed by atoms with Crippen molar-refractivity contribution in [2.24, 2.45) is 0 Å². The molecule has 1 aromatic heterocycles. The number of carbonyl (C=O) groups is 1. The van der Waals surface area contributed by atoms with Crippen LogP contribution in [0, 0.1) is 4.64 Å². The average molecular weight is 323 g/mol. The van der Waals surface area contributed by atoms with Crippen molar-refractivity contribution >= 4 is 18.1 Å². The van der Waals surface area contributed by atoms with Gasteiger partial charge in [-0.05, 0) is 39.8 Å². The van der Waals surface area contributed by atoms with Crippen LogP contribution >= 0.6 is 12.2 Å². The number of H-pyrrole nitrogens is 1. The maximum absolute atomic E-state index is 12.3. The highest BCUT2D eigenvalue weighted by Gasteiger charge is 2.33. The van der Waals surface area contributed by atoms with E-state index in [0.717, 1.165) is 13.1 Å². The van der Waals surface area contributed by atoms with Gasteiger partial charge in [-0.1, -0.05) is 12.2 Å². The summed E-state index contributed by atoms with van der Waals surface area (Å²) in [5.41, 5.74) is 0.374. The Hall–Kier alpha value is -1.24. The molecule has 1 aromatic rings. The minimum absolute atomic E-state index is 0.135. The van der Waals surface area contributed by atoms with Crippen LogP contribution in [0.3, 0.4) is 0 Å². The first-order valence-corrected chi connectivity index (χ1v) is 8.07. The Morgan fingerprint density at radius 1 is 1.45 bits per heavy atom. The number of hydrogen-bond donors (Lipinski definition) is 2. The van der Waals surface area contributed by atoms with Crippen LogP contribution in [0.5, 0.6) is 0 Å². The summed E-state index contributed by atoms with van der Waals surface area (Å²) in [5.74, 6) is -0.135. The van der Waals surface area contributed by atoms with E-state index in [1.54, 1.807) is 18.3 Å². The summed E-state index contributed by atoms with van der Waals surface area (Å²) in [5, 5.41) is 3.00. The number of rotatable bonds is 4. The number of ether oxygens (including phenoxy) is 1. The zero-order chi connectivity index (χ0) is 16.3.